The van der Waals surface area contributed by atoms with Crippen LogP contribution >= 0.6 is 0 Å². The number of pyridine rings is 2. The van der Waals surface area contributed by atoms with Gasteiger partial charge < -0.3 is 10.6 Å². The minimum Gasteiger partial charge on any atom is -0.346 e. The Labute approximate surface area is 97.9 Å². The summed E-state index contributed by atoms with van der Waals surface area (Å²) < 4.78 is 0. The first-order chi connectivity index (χ1) is 8.34. The molecular formula is C12H10N4O. The molecule has 0 saturated heterocycles. The van der Waals surface area contributed by atoms with Gasteiger partial charge in [0.05, 0.1) is 5.56 Å². The normalized spacial score (nSPS) is 17.9. The third-order valence-electron chi connectivity index (χ3n) is 2.63. The zero-order chi connectivity index (χ0) is 11.7. The molecular weight excluding hydrogens is 216 g/mol. The lowest BCUT2D eigenvalue weighted by Crippen LogP contribution is -2.38. The van der Waals surface area contributed by atoms with Crippen LogP contribution in [0.25, 0.3) is 0 Å². The first-order valence-corrected chi connectivity index (χ1v) is 5.27. The molecule has 1 atom stereocenters. The number of anilines is 1. The molecule has 0 bridgehead atoms. The Balaban J connectivity index is 1.97. The first kappa shape index (κ1) is 9.77. The standard InChI is InChI=1S/C12H10N4O/c17-12-9-4-2-6-14-11(9)15-10(16-12)8-3-1-5-13-7-8/h1-7,10H,(H,14,15)(H,16,17). The Bertz CT molecular complexity index is 555. The van der Waals surface area contributed by atoms with Crippen LogP contribution in [0.4, 0.5) is 5.82 Å². The number of hydrogen-bond donors (Lipinski definition) is 2. The van der Waals surface area contributed by atoms with Gasteiger partial charge in [0, 0.05) is 24.2 Å². The topological polar surface area (TPSA) is 66.9 Å². The molecule has 0 aromatic carbocycles. The Morgan fingerprint density at radius 2 is 2.00 bits per heavy atom. The van der Waals surface area contributed by atoms with Crippen molar-refractivity contribution in [3.63, 3.8) is 0 Å². The van der Waals surface area contributed by atoms with E-state index in [0.29, 0.717) is 11.4 Å². The van der Waals surface area contributed by atoms with Crippen LogP contribution in [-0.2, 0) is 0 Å². The molecule has 84 valence electrons. The molecule has 0 radical (unpaired) electrons. The van der Waals surface area contributed by atoms with Gasteiger partial charge in [-0.05, 0) is 18.2 Å². The van der Waals surface area contributed by atoms with Crippen molar-refractivity contribution in [2.24, 2.45) is 0 Å². The zero-order valence-corrected chi connectivity index (χ0v) is 8.92. The van der Waals surface area contributed by atoms with Crippen LogP contribution in [0.3, 0.4) is 0 Å². The minimum atomic E-state index is -0.279. The maximum Gasteiger partial charge on any atom is 0.256 e. The number of carbonyl (C=O) groups is 1. The molecule has 1 aliphatic heterocycles. The van der Waals surface area contributed by atoms with E-state index in [1.807, 2.05) is 12.1 Å². The quantitative estimate of drug-likeness (QED) is 0.769. The highest BCUT2D eigenvalue weighted by atomic mass is 16.2. The summed E-state index contributed by atoms with van der Waals surface area (Å²) in [4.78, 5) is 20.0. The highest BCUT2D eigenvalue weighted by Crippen LogP contribution is 2.23. The third-order valence-corrected chi connectivity index (χ3v) is 2.63. The fourth-order valence-corrected chi connectivity index (χ4v) is 1.80. The van der Waals surface area contributed by atoms with E-state index in [4.69, 9.17) is 0 Å². The molecule has 1 aliphatic rings. The number of fused-ring (bicyclic) bond motifs is 1. The molecule has 3 heterocycles. The van der Waals surface area contributed by atoms with E-state index in [-0.39, 0.29) is 12.1 Å². The number of nitrogens with one attached hydrogen (secondary N) is 2. The van der Waals surface area contributed by atoms with Gasteiger partial charge in [-0.2, -0.15) is 0 Å². The summed E-state index contributed by atoms with van der Waals surface area (Å²) in [5.74, 6) is 0.478. The van der Waals surface area contributed by atoms with Crippen molar-refractivity contribution in [1.29, 1.82) is 0 Å². The molecule has 0 saturated carbocycles. The van der Waals surface area contributed by atoms with Crippen molar-refractivity contribution in [3.05, 3.63) is 54.0 Å². The van der Waals surface area contributed by atoms with Crippen molar-refractivity contribution in [3.8, 4) is 0 Å². The molecule has 5 nitrogen and oxygen atoms in total. The third kappa shape index (κ3) is 1.71. The fraction of sp³-hybridized carbons (Fsp3) is 0.0833. The molecule has 2 N–H and O–H groups in total. The lowest BCUT2D eigenvalue weighted by atomic mass is 10.1. The van der Waals surface area contributed by atoms with E-state index in [1.165, 1.54) is 0 Å². The van der Waals surface area contributed by atoms with Crippen molar-refractivity contribution < 1.29 is 4.79 Å². The van der Waals surface area contributed by atoms with Gasteiger partial charge >= 0.3 is 0 Å². The van der Waals surface area contributed by atoms with Gasteiger partial charge in [0.1, 0.15) is 12.0 Å². The Hall–Kier alpha value is -2.43. The van der Waals surface area contributed by atoms with Gasteiger partial charge in [-0.25, -0.2) is 4.98 Å². The highest BCUT2D eigenvalue weighted by molar-refractivity contribution is 6.00. The van der Waals surface area contributed by atoms with Crippen LogP contribution < -0.4 is 10.6 Å². The summed E-state index contributed by atoms with van der Waals surface area (Å²) >= 11 is 0. The average molecular weight is 226 g/mol. The zero-order valence-electron chi connectivity index (χ0n) is 8.92. The van der Waals surface area contributed by atoms with Gasteiger partial charge in [-0.1, -0.05) is 6.07 Å². The van der Waals surface area contributed by atoms with E-state index >= 15 is 0 Å². The van der Waals surface area contributed by atoms with Crippen LogP contribution in [0.2, 0.25) is 0 Å². The van der Waals surface area contributed by atoms with Gasteiger partial charge in [0.15, 0.2) is 0 Å². The van der Waals surface area contributed by atoms with Crippen LogP contribution in [0.1, 0.15) is 22.1 Å². The lowest BCUT2D eigenvalue weighted by molar-refractivity contribution is 0.0935. The summed E-state index contributed by atoms with van der Waals surface area (Å²) in [5.41, 5.74) is 1.46. The Kier molecular flexibility index (Phi) is 2.22. The van der Waals surface area contributed by atoms with Gasteiger partial charge in [0.2, 0.25) is 0 Å². The maximum absolute atomic E-state index is 11.9. The monoisotopic (exact) mass is 226 g/mol. The Morgan fingerprint density at radius 1 is 1.12 bits per heavy atom. The van der Waals surface area contributed by atoms with Crippen LogP contribution in [0, 0.1) is 0 Å². The maximum atomic E-state index is 11.9. The molecule has 2 aromatic heterocycles. The van der Waals surface area contributed by atoms with Crippen molar-refractivity contribution in [1.82, 2.24) is 15.3 Å². The molecule has 0 spiro atoms. The first-order valence-electron chi connectivity index (χ1n) is 5.27. The van der Waals surface area contributed by atoms with Gasteiger partial charge in [-0.15, -0.1) is 0 Å². The van der Waals surface area contributed by atoms with Gasteiger partial charge in [0.25, 0.3) is 5.91 Å². The van der Waals surface area contributed by atoms with Crippen LogP contribution in [0.5, 0.6) is 0 Å². The number of rotatable bonds is 1. The van der Waals surface area contributed by atoms with E-state index in [9.17, 15) is 4.79 Å². The molecule has 17 heavy (non-hydrogen) atoms. The van der Waals surface area contributed by atoms with E-state index in [1.54, 1.807) is 30.7 Å². The van der Waals surface area contributed by atoms with Crippen molar-refractivity contribution in [2.75, 3.05) is 5.32 Å². The summed E-state index contributed by atoms with van der Waals surface area (Å²) in [5, 5.41) is 6.02. The Morgan fingerprint density at radius 3 is 2.82 bits per heavy atom. The summed E-state index contributed by atoms with van der Waals surface area (Å²) in [6, 6.07) is 7.21. The van der Waals surface area contributed by atoms with E-state index < -0.39 is 0 Å². The molecule has 1 amide bonds. The molecule has 0 fully saturated rings. The lowest BCUT2D eigenvalue weighted by Gasteiger charge is -2.26. The molecule has 5 heteroatoms. The second-order valence-corrected chi connectivity index (χ2v) is 3.74. The number of hydrogen-bond acceptors (Lipinski definition) is 4. The summed E-state index contributed by atoms with van der Waals surface area (Å²) in [7, 11) is 0. The van der Waals surface area contributed by atoms with Crippen LogP contribution in [-0.4, -0.2) is 15.9 Å². The number of amides is 1. The van der Waals surface area contributed by atoms with Crippen molar-refractivity contribution in [2.45, 2.75) is 6.17 Å². The average Bonchev–Trinajstić information content (AvgIpc) is 2.40. The van der Waals surface area contributed by atoms with Crippen LogP contribution in [0.15, 0.2) is 42.9 Å². The second kappa shape index (κ2) is 3.86. The predicted molar refractivity (Wildman–Crippen MR) is 62.3 cm³/mol. The largest absolute Gasteiger partial charge is 0.346 e. The predicted octanol–water partition coefficient (Wildman–Crippen LogP) is 1.33. The number of nitrogens with zero attached hydrogens (tertiary/aromatic N) is 2. The number of carbonyl (C=O) groups excluding carboxylic acids is 1. The summed E-state index contributed by atoms with van der Waals surface area (Å²) in [6.07, 6.45) is 4.79. The van der Waals surface area contributed by atoms with E-state index in [0.717, 1.165) is 5.56 Å². The smallest absolute Gasteiger partial charge is 0.256 e. The molecule has 1 unspecified atom stereocenters. The second-order valence-electron chi connectivity index (χ2n) is 3.74. The minimum absolute atomic E-state index is 0.124. The molecule has 2 aromatic rings. The summed E-state index contributed by atoms with van der Waals surface area (Å²) in [6.45, 7) is 0. The number of aromatic nitrogens is 2. The fourth-order valence-electron chi connectivity index (χ4n) is 1.80. The SMILES string of the molecule is O=C1NC(c2cccnc2)Nc2ncccc21. The molecule has 3 rings (SSSR count). The van der Waals surface area contributed by atoms with Gasteiger partial charge in [-0.3, -0.25) is 9.78 Å². The highest BCUT2D eigenvalue weighted by Gasteiger charge is 2.24. The van der Waals surface area contributed by atoms with Crippen molar-refractivity contribution >= 4 is 11.7 Å². The van der Waals surface area contributed by atoms with E-state index in [2.05, 4.69) is 20.6 Å². The molecule has 0 aliphatic carbocycles.